The topological polar surface area (TPSA) is 70.0 Å². The third kappa shape index (κ3) is 2.60. The Labute approximate surface area is 140 Å². The first kappa shape index (κ1) is 15.0. The minimum absolute atomic E-state index is 0.0162. The summed E-state index contributed by atoms with van der Waals surface area (Å²) in [5, 5.41) is 2.83. The van der Waals surface area contributed by atoms with Crippen molar-refractivity contribution >= 4 is 17.6 Å². The van der Waals surface area contributed by atoms with Gasteiger partial charge in [0.05, 0.1) is 6.04 Å². The standard InChI is InChI=1S/C17H21N5O2/c1-12-4-7-20-11-14(19-15(20)9-12)16(23)21-6-2-3-13(10-21)22-8-5-18-17(22)24/h4,7,9,11,13H,2-3,5-6,8,10H2,1H3,(H,18,24). The van der Waals surface area contributed by atoms with E-state index in [0.29, 0.717) is 18.8 Å². The van der Waals surface area contributed by atoms with E-state index < -0.39 is 0 Å². The molecule has 4 heterocycles. The number of piperidine rings is 1. The molecule has 3 amide bonds. The van der Waals surface area contributed by atoms with Crippen LogP contribution in [0.2, 0.25) is 0 Å². The van der Waals surface area contributed by atoms with E-state index in [1.165, 1.54) is 0 Å². The van der Waals surface area contributed by atoms with Crippen LogP contribution in [-0.4, -0.2) is 63.3 Å². The van der Waals surface area contributed by atoms with E-state index in [0.717, 1.165) is 37.1 Å². The van der Waals surface area contributed by atoms with E-state index in [1.807, 2.05) is 39.5 Å². The maximum Gasteiger partial charge on any atom is 0.317 e. The van der Waals surface area contributed by atoms with E-state index in [4.69, 9.17) is 0 Å². The average molecular weight is 327 g/mol. The van der Waals surface area contributed by atoms with Crippen LogP contribution in [0.5, 0.6) is 0 Å². The first-order valence-electron chi connectivity index (χ1n) is 8.41. The molecule has 126 valence electrons. The molecule has 4 rings (SSSR count). The Balaban J connectivity index is 1.53. The van der Waals surface area contributed by atoms with Gasteiger partial charge in [-0.05, 0) is 37.5 Å². The van der Waals surface area contributed by atoms with Gasteiger partial charge in [-0.25, -0.2) is 9.78 Å². The Morgan fingerprint density at radius 3 is 3.04 bits per heavy atom. The number of fused-ring (bicyclic) bond motifs is 1. The number of aromatic nitrogens is 2. The van der Waals surface area contributed by atoms with Crippen LogP contribution in [0.3, 0.4) is 0 Å². The number of aryl methyl sites for hydroxylation is 1. The summed E-state index contributed by atoms with van der Waals surface area (Å²) < 4.78 is 1.87. The molecule has 0 aliphatic carbocycles. The van der Waals surface area contributed by atoms with E-state index >= 15 is 0 Å². The Hall–Kier alpha value is -2.57. The lowest BCUT2D eigenvalue weighted by atomic mass is 10.0. The van der Waals surface area contributed by atoms with Crippen molar-refractivity contribution < 1.29 is 9.59 Å². The van der Waals surface area contributed by atoms with E-state index in [1.54, 1.807) is 6.20 Å². The normalized spacial score (nSPS) is 21.4. The van der Waals surface area contributed by atoms with Gasteiger partial charge in [-0.15, -0.1) is 0 Å². The molecule has 0 radical (unpaired) electrons. The molecule has 7 nitrogen and oxygen atoms in total. The van der Waals surface area contributed by atoms with Gasteiger partial charge in [0.25, 0.3) is 5.91 Å². The maximum atomic E-state index is 12.8. The second kappa shape index (κ2) is 5.81. The Bertz CT molecular complexity index is 799. The lowest BCUT2D eigenvalue weighted by Gasteiger charge is -2.36. The molecule has 2 fully saturated rings. The molecule has 2 aliphatic heterocycles. The molecule has 0 aromatic carbocycles. The number of amides is 3. The molecule has 2 aromatic rings. The fraction of sp³-hybridized carbons (Fsp3) is 0.471. The highest BCUT2D eigenvalue weighted by atomic mass is 16.2. The summed E-state index contributed by atoms with van der Waals surface area (Å²) in [4.78, 5) is 32.8. The fourth-order valence-corrected chi connectivity index (χ4v) is 3.58. The van der Waals surface area contributed by atoms with Gasteiger partial charge in [-0.1, -0.05) is 0 Å². The third-order valence-corrected chi connectivity index (χ3v) is 4.85. The van der Waals surface area contributed by atoms with Crippen molar-refractivity contribution in [2.45, 2.75) is 25.8 Å². The number of carbonyl (C=O) groups is 2. The number of hydrogen-bond acceptors (Lipinski definition) is 3. The monoisotopic (exact) mass is 327 g/mol. The average Bonchev–Trinajstić information content (AvgIpc) is 3.20. The molecule has 0 saturated carbocycles. The lowest BCUT2D eigenvalue weighted by Crippen LogP contribution is -2.50. The van der Waals surface area contributed by atoms with Crippen LogP contribution in [0.25, 0.3) is 5.65 Å². The van der Waals surface area contributed by atoms with Crippen molar-refractivity contribution in [2.24, 2.45) is 0 Å². The van der Waals surface area contributed by atoms with Crippen LogP contribution in [0.15, 0.2) is 24.5 Å². The molecule has 0 spiro atoms. The van der Waals surface area contributed by atoms with Crippen LogP contribution in [0.4, 0.5) is 4.79 Å². The van der Waals surface area contributed by atoms with Gasteiger partial charge < -0.3 is 19.5 Å². The number of rotatable bonds is 2. The maximum absolute atomic E-state index is 12.8. The summed E-state index contributed by atoms with van der Waals surface area (Å²) in [7, 11) is 0. The van der Waals surface area contributed by atoms with Gasteiger partial charge >= 0.3 is 6.03 Å². The Kier molecular flexibility index (Phi) is 3.63. The van der Waals surface area contributed by atoms with Crippen molar-refractivity contribution in [3.8, 4) is 0 Å². The quantitative estimate of drug-likeness (QED) is 0.903. The molecule has 7 heteroatoms. The predicted molar refractivity (Wildman–Crippen MR) is 89.0 cm³/mol. The van der Waals surface area contributed by atoms with E-state index in [-0.39, 0.29) is 18.0 Å². The number of imidazole rings is 1. The molecule has 1 atom stereocenters. The second-order valence-corrected chi connectivity index (χ2v) is 6.57. The summed E-state index contributed by atoms with van der Waals surface area (Å²) in [5.74, 6) is -0.0549. The fourth-order valence-electron chi connectivity index (χ4n) is 3.58. The van der Waals surface area contributed by atoms with Gasteiger partial charge in [0.1, 0.15) is 11.3 Å². The van der Waals surface area contributed by atoms with Crippen molar-refractivity contribution in [2.75, 3.05) is 26.2 Å². The van der Waals surface area contributed by atoms with E-state index in [2.05, 4.69) is 10.3 Å². The number of nitrogens with zero attached hydrogens (tertiary/aromatic N) is 4. The lowest BCUT2D eigenvalue weighted by molar-refractivity contribution is 0.0629. The number of likely N-dealkylation sites (tertiary alicyclic amines) is 1. The van der Waals surface area contributed by atoms with E-state index in [9.17, 15) is 9.59 Å². The third-order valence-electron chi connectivity index (χ3n) is 4.85. The van der Waals surface area contributed by atoms with Crippen molar-refractivity contribution in [1.29, 1.82) is 0 Å². The number of pyridine rings is 1. The highest BCUT2D eigenvalue weighted by molar-refractivity contribution is 5.93. The zero-order valence-electron chi connectivity index (χ0n) is 13.7. The first-order valence-corrected chi connectivity index (χ1v) is 8.41. The molecule has 1 unspecified atom stereocenters. The van der Waals surface area contributed by atoms with Crippen LogP contribution in [0, 0.1) is 6.92 Å². The summed E-state index contributed by atoms with van der Waals surface area (Å²) in [5.41, 5.74) is 2.36. The van der Waals surface area contributed by atoms with Gasteiger partial charge in [0.15, 0.2) is 0 Å². The minimum Gasteiger partial charge on any atom is -0.336 e. The first-order chi connectivity index (χ1) is 11.6. The molecule has 1 N–H and O–H groups in total. The van der Waals surface area contributed by atoms with Crippen LogP contribution < -0.4 is 5.32 Å². The van der Waals surface area contributed by atoms with Crippen molar-refractivity contribution in [3.63, 3.8) is 0 Å². The van der Waals surface area contributed by atoms with Crippen molar-refractivity contribution in [1.82, 2.24) is 24.5 Å². The zero-order valence-corrected chi connectivity index (χ0v) is 13.7. The van der Waals surface area contributed by atoms with Crippen molar-refractivity contribution in [3.05, 3.63) is 35.8 Å². The summed E-state index contributed by atoms with van der Waals surface area (Å²) >= 11 is 0. The number of nitrogens with one attached hydrogen (secondary N) is 1. The van der Waals surface area contributed by atoms with Gasteiger partial charge in [-0.2, -0.15) is 0 Å². The SMILES string of the molecule is Cc1ccn2cc(C(=O)N3CCCC(N4CCNC4=O)C3)nc2c1. The number of urea groups is 1. The smallest absolute Gasteiger partial charge is 0.317 e. The van der Waals surface area contributed by atoms with Gasteiger partial charge in [-0.3, -0.25) is 4.79 Å². The molecular formula is C17H21N5O2. The highest BCUT2D eigenvalue weighted by Crippen LogP contribution is 2.19. The molecule has 0 bridgehead atoms. The predicted octanol–water partition coefficient (Wildman–Crippen LogP) is 1.27. The van der Waals surface area contributed by atoms with Gasteiger partial charge in [0, 0.05) is 38.6 Å². The molecular weight excluding hydrogens is 306 g/mol. The molecule has 24 heavy (non-hydrogen) atoms. The number of hydrogen-bond donors (Lipinski definition) is 1. The van der Waals surface area contributed by atoms with Crippen LogP contribution in [0.1, 0.15) is 28.9 Å². The van der Waals surface area contributed by atoms with Crippen LogP contribution >= 0.6 is 0 Å². The van der Waals surface area contributed by atoms with Gasteiger partial charge in [0.2, 0.25) is 0 Å². The summed E-state index contributed by atoms with van der Waals surface area (Å²) in [6.45, 7) is 4.72. The molecule has 2 saturated heterocycles. The Morgan fingerprint density at radius 2 is 2.25 bits per heavy atom. The van der Waals surface area contributed by atoms with Crippen LogP contribution in [-0.2, 0) is 0 Å². The molecule has 2 aliphatic rings. The zero-order chi connectivity index (χ0) is 16.7. The second-order valence-electron chi connectivity index (χ2n) is 6.57. The molecule has 2 aromatic heterocycles. The summed E-state index contributed by atoms with van der Waals surface area (Å²) in [6.07, 6.45) is 5.56. The number of carbonyl (C=O) groups excluding carboxylic acids is 2. The highest BCUT2D eigenvalue weighted by Gasteiger charge is 2.33. The Morgan fingerprint density at radius 1 is 1.38 bits per heavy atom. The minimum atomic E-state index is -0.0549. The largest absolute Gasteiger partial charge is 0.336 e. The summed E-state index contributed by atoms with van der Waals surface area (Å²) in [6, 6.07) is 4.04.